The third kappa shape index (κ3) is 4.49. The number of rotatable bonds is 5. The van der Waals surface area contributed by atoms with Crippen molar-refractivity contribution < 1.29 is 4.74 Å². The van der Waals surface area contributed by atoms with E-state index in [0.717, 1.165) is 16.8 Å². The van der Waals surface area contributed by atoms with Crippen LogP contribution in [0.2, 0.25) is 0 Å². The largest absolute Gasteiger partial charge is 0.376 e. The van der Waals surface area contributed by atoms with E-state index in [2.05, 4.69) is 47.6 Å². The van der Waals surface area contributed by atoms with Crippen LogP contribution in [0.4, 0.5) is 0 Å². The summed E-state index contributed by atoms with van der Waals surface area (Å²) in [5.41, 5.74) is 1.21. The maximum Gasteiger partial charge on any atom is 0.0717 e. The maximum atomic E-state index is 5.55. The zero-order valence-corrected chi connectivity index (χ0v) is 10.7. The van der Waals surface area contributed by atoms with Gasteiger partial charge in [0, 0.05) is 4.47 Å². The molecule has 1 aromatic rings. The quantitative estimate of drug-likeness (QED) is 0.809. The Kier molecular flexibility index (Phi) is 5.60. The first-order chi connectivity index (χ1) is 6.72. The Bertz CT molecular complexity index is 260. The van der Waals surface area contributed by atoms with Crippen molar-refractivity contribution in [2.45, 2.75) is 13.5 Å². The second-order valence-electron chi connectivity index (χ2n) is 3.43. The van der Waals surface area contributed by atoms with Crippen LogP contribution in [0.25, 0.3) is 0 Å². The number of benzene rings is 1. The molecule has 0 fully saturated rings. The van der Waals surface area contributed by atoms with E-state index in [9.17, 15) is 0 Å². The Hall–Kier alpha value is 0.01000. The lowest BCUT2D eigenvalue weighted by Crippen LogP contribution is -2.06. The van der Waals surface area contributed by atoms with Crippen LogP contribution in [-0.4, -0.2) is 12.4 Å². The van der Waals surface area contributed by atoms with Gasteiger partial charge in [0.1, 0.15) is 0 Å². The number of hydrogen-bond acceptors (Lipinski definition) is 2. The van der Waals surface area contributed by atoms with Gasteiger partial charge in [-0.05, 0) is 29.4 Å². The Balaban J connectivity index is 2.28. The van der Waals surface area contributed by atoms with E-state index in [0.29, 0.717) is 12.5 Å². The highest BCUT2D eigenvalue weighted by molar-refractivity contribution is 9.10. The molecule has 78 valence electrons. The lowest BCUT2D eigenvalue weighted by Gasteiger charge is -2.08. The minimum absolute atomic E-state index is 0.522. The number of halogens is 1. The molecule has 0 spiro atoms. The zero-order chi connectivity index (χ0) is 10.4. The third-order valence-electron chi connectivity index (χ3n) is 1.90. The molecule has 1 aromatic carbocycles. The predicted molar refractivity (Wildman–Crippen MR) is 66.8 cm³/mol. The Morgan fingerprint density at radius 1 is 1.36 bits per heavy atom. The first-order valence-corrected chi connectivity index (χ1v) is 6.08. The van der Waals surface area contributed by atoms with Crippen molar-refractivity contribution in [2.75, 3.05) is 12.4 Å². The standard InChI is InChI=1S/C11H15BrOS/c1-9(8-14)6-13-7-10-2-4-11(12)5-3-10/h2-5,9,14H,6-8H2,1H3. The van der Waals surface area contributed by atoms with Crippen molar-refractivity contribution in [3.63, 3.8) is 0 Å². The molecule has 0 radical (unpaired) electrons. The van der Waals surface area contributed by atoms with Crippen LogP contribution in [0.3, 0.4) is 0 Å². The van der Waals surface area contributed by atoms with Gasteiger partial charge in [-0.2, -0.15) is 12.6 Å². The summed E-state index contributed by atoms with van der Waals surface area (Å²) in [5, 5.41) is 0. The molecule has 0 aromatic heterocycles. The van der Waals surface area contributed by atoms with Crippen LogP contribution in [0.15, 0.2) is 28.7 Å². The first-order valence-electron chi connectivity index (χ1n) is 4.65. The van der Waals surface area contributed by atoms with E-state index in [1.165, 1.54) is 5.56 Å². The summed E-state index contributed by atoms with van der Waals surface area (Å²) in [7, 11) is 0. The molecule has 1 atom stereocenters. The van der Waals surface area contributed by atoms with Gasteiger partial charge in [0.05, 0.1) is 13.2 Å². The van der Waals surface area contributed by atoms with Crippen molar-refractivity contribution in [1.29, 1.82) is 0 Å². The molecule has 0 N–H and O–H groups in total. The van der Waals surface area contributed by atoms with Gasteiger partial charge in [0.15, 0.2) is 0 Å². The summed E-state index contributed by atoms with van der Waals surface area (Å²) in [6, 6.07) is 8.19. The Labute approximate surface area is 99.4 Å². The minimum atomic E-state index is 0.522. The van der Waals surface area contributed by atoms with Crippen molar-refractivity contribution in [3.05, 3.63) is 34.3 Å². The maximum absolute atomic E-state index is 5.55. The fraction of sp³-hybridized carbons (Fsp3) is 0.455. The van der Waals surface area contributed by atoms with Gasteiger partial charge >= 0.3 is 0 Å². The molecule has 0 heterocycles. The molecule has 0 aliphatic carbocycles. The average molecular weight is 275 g/mol. The Morgan fingerprint density at radius 2 is 2.00 bits per heavy atom. The molecule has 0 saturated heterocycles. The summed E-state index contributed by atoms with van der Waals surface area (Å²) in [6.45, 7) is 3.60. The number of ether oxygens (including phenoxy) is 1. The van der Waals surface area contributed by atoms with Crippen molar-refractivity contribution >= 4 is 28.6 Å². The van der Waals surface area contributed by atoms with E-state index in [4.69, 9.17) is 4.74 Å². The highest BCUT2D eigenvalue weighted by Crippen LogP contribution is 2.11. The van der Waals surface area contributed by atoms with Crippen LogP contribution in [-0.2, 0) is 11.3 Å². The SMILES string of the molecule is CC(CS)COCc1ccc(Br)cc1. The van der Waals surface area contributed by atoms with Crippen molar-refractivity contribution in [1.82, 2.24) is 0 Å². The molecule has 0 saturated carbocycles. The molecular formula is C11H15BrOS. The summed E-state index contributed by atoms with van der Waals surface area (Å²) in [4.78, 5) is 0. The molecule has 1 unspecified atom stereocenters. The minimum Gasteiger partial charge on any atom is -0.376 e. The number of thiol groups is 1. The average Bonchev–Trinajstić information content (AvgIpc) is 2.21. The molecule has 0 aliphatic rings. The van der Waals surface area contributed by atoms with Crippen LogP contribution < -0.4 is 0 Å². The molecule has 14 heavy (non-hydrogen) atoms. The summed E-state index contributed by atoms with van der Waals surface area (Å²) >= 11 is 7.60. The van der Waals surface area contributed by atoms with E-state index in [-0.39, 0.29) is 0 Å². The van der Waals surface area contributed by atoms with Crippen molar-refractivity contribution in [2.24, 2.45) is 5.92 Å². The lowest BCUT2D eigenvalue weighted by molar-refractivity contribution is 0.0983. The number of hydrogen-bond donors (Lipinski definition) is 1. The molecule has 0 bridgehead atoms. The van der Waals surface area contributed by atoms with E-state index in [1.54, 1.807) is 0 Å². The van der Waals surface area contributed by atoms with Gasteiger partial charge < -0.3 is 4.74 Å². The van der Waals surface area contributed by atoms with E-state index < -0.39 is 0 Å². The van der Waals surface area contributed by atoms with Gasteiger partial charge in [0.2, 0.25) is 0 Å². The lowest BCUT2D eigenvalue weighted by atomic mass is 10.2. The predicted octanol–water partition coefficient (Wildman–Crippen LogP) is 3.53. The third-order valence-corrected chi connectivity index (χ3v) is 3.05. The zero-order valence-electron chi connectivity index (χ0n) is 8.24. The molecule has 1 rings (SSSR count). The van der Waals surface area contributed by atoms with Gasteiger partial charge in [-0.15, -0.1) is 0 Å². The van der Waals surface area contributed by atoms with Gasteiger partial charge in [-0.1, -0.05) is 35.0 Å². The second kappa shape index (κ2) is 6.49. The van der Waals surface area contributed by atoms with Crippen molar-refractivity contribution in [3.8, 4) is 0 Å². The molecular weight excluding hydrogens is 260 g/mol. The second-order valence-corrected chi connectivity index (χ2v) is 4.71. The summed E-state index contributed by atoms with van der Waals surface area (Å²) < 4.78 is 6.65. The van der Waals surface area contributed by atoms with Gasteiger partial charge in [-0.3, -0.25) is 0 Å². The topological polar surface area (TPSA) is 9.23 Å². The highest BCUT2D eigenvalue weighted by atomic mass is 79.9. The summed E-state index contributed by atoms with van der Waals surface area (Å²) in [6.07, 6.45) is 0. The first kappa shape index (κ1) is 12.1. The summed E-state index contributed by atoms with van der Waals surface area (Å²) in [5.74, 6) is 1.40. The van der Waals surface area contributed by atoms with Gasteiger partial charge in [0.25, 0.3) is 0 Å². The molecule has 0 aliphatic heterocycles. The molecule has 0 amide bonds. The highest BCUT2D eigenvalue weighted by Gasteiger charge is 1.99. The van der Waals surface area contributed by atoms with Crippen LogP contribution in [0.1, 0.15) is 12.5 Å². The fourth-order valence-corrected chi connectivity index (χ4v) is 1.38. The molecule has 3 heteroatoms. The monoisotopic (exact) mass is 274 g/mol. The van der Waals surface area contributed by atoms with Crippen LogP contribution in [0.5, 0.6) is 0 Å². The van der Waals surface area contributed by atoms with E-state index in [1.807, 2.05) is 12.1 Å². The normalized spacial score (nSPS) is 12.8. The van der Waals surface area contributed by atoms with Gasteiger partial charge in [-0.25, -0.2) is 0 Å². The van der Waals surface area contributed by atoms with Crippen LogP contribution >= 0.6 is 28.6 Å². The smallest absolute Gasteiger partial charge is 0.0717 e. The fourth-order valence-electron chi connectivity index (χ4n) is 1.01. The Morgan fingerprint density at radius 3 is 2.57 bits per heavy atom. The van der Waals surface area contributed by atoms with Crippen LogP contribution in [0, 0.1) is 5.92 Å². The van der Waals surface area contributed by atoms with E-state index >= 15 is 0 Å². The molecule has 1 nitrogen and oxygen atoms in total.